The molecule has 4 rings (SSSR count). The van der Waals surface area contributed by atoms with E-state index < -0.39 is 5.97 Å². The van der Waals surface area contributed by atoms with E-state index in [1.165, 1.54) is 103 Å². The van der Waals surface area contributed by atoms with E-state index in [1.54, 1.807) is 0 Å². The molecule has 2 unspecified atom stereocenters. The number of hydrogen-bond donors (Lipinski definition) is 2. The Labute approximate surface area is 283 Å². The number of carbonyl (C=O) groups is 2. The fourth-order valence-corrected chi connectivity index (χ4v) is 11.9. The summed E-state index contributed by atoms with van der Waals surface area (Å²) in [5.41, 5.74) is 0.328. The van der Waals surface area contributed by atoms with E-state index in [9.17, 15) is 19.8 Å². The quantitative estimate of drug-likeness (QED) is 0.103. The van der Waals surface area contributed by atoms with Crippen LogP contribution in [0.4, 0.5) is 0 Å². The molecule has 4 nitrogen and oxygen atoms in total. The van der Waals surface area contributed by atoms with Crippen LogP contribution >= 0.6 is 0 Å². The minimum atomic E-state index is -0.668. The average molecular weight is 641 g/mol. The number of aliphatic hydroxyl groups excluding tert-OH is 1. The van der Waals surface area contributed by atoms with Gasteiger partial charge in [0.1, 0.15) is 5.78 Å². The van der Waals surface area contributed by atoms with Crippen molar-refractivity contribution in [2.75, 3.05) is 0 Å². The second-order valence-corrected chi connectivity index (χ2v) is 17.1. The number of carboxylic acids is 1. The van der Waals surface area contributed by atoms with Crippen LogP contribution < -0.4 is 0 Å². The Hall–Kier alpha value is -1.16. The molecule has 2 N–H and O–H groups in total. The summed E-state index contributed by atoms with van der Waals surface area (Å²) in [4.78, 5) is 25.3. The third-order valence-corrected chi connectivity index (χ3v) is 14.4. The van der Waals surface area contributed by atoms with Gasteiger partial charge in [-0.3, -0.25) is 9.59 Å². The molecular formula is C42H72O4. The smallest absolute Gasteiger partial charge is 0.303 e. The maximum atomic E-state index is 14.0. The van der Waals surface area contributed by atoms with Crippen molar-refractivity contribution in [3.63, 3.8) is 0 Å². The van der Waals surface area contributed by atoms with Gasteiger partial charge in [0.2, 0.25) is 0 Å². The molecule has 4 heteroatoms. The number of unbranched alkanes of at least 4 members (excludes halogenated alkanes) is 11. The molecule has 4 aliphatic rings. The second-order valence-electron chi connectivity index (χ2n) is 17.1. The number of rotatable bonds is 20. The molecule has 0 aromatic rings. The lowest BCUT2D eigenvalue weighted by atomic mass is 9.41. The van der Waals surface area contributed by atoms with Crippen LogP contribution in [-0.4, -0.2) is 28.1 Å². The van der Waals surface area contributed by atoms with E-state index >= 15 is 0 Å². The van der Waals surface area contributed by atoms with Crippen LogP contribution in [0.3, 0.4) is 0 Å². The average Bonchev–Trinajstić information content (AvgIpc) is 3.39. The maximum Gasteiger partial charge on any atom is 0.303 e. The van der Waals surface area contributed by atoms with E-state index in [4.69, 9.17) is 0 Å². The van der Waals surface area contributed by atoms with Crippen LogP contribution in [0.5, 0.6) is 0 Å². The van der Waals surface area contributed by atoms with Gasteiger partial charge in [-0.15, -0.1) is 0 Å². The third kappa shape index (κ3) is 9.09. The third-order valence-electron chi connectivity index (χ3n) is 14.4. The number of carboxylic acid groups (broad SMARTS) is 1. The standard InChI is InChI=1S/C42H72O4/c1-5-6-7-8-9-10-11-12-13-14-15-16-17-18-19-20-39(44)38-30-33(43)29-32-22-23-34-36-25-24-35(31(2)21-26-40(45)46)41(36,3)28-27-37(34)42(32,38)4/h12-13,31-38,43H,5-11,14-30H2,1-4H3,(H,45,46)/b13-12-/t31-,32?,33+,34+,35-,36+,37+,38?,41-,42+/m1/s1. The van der Waals surface area contributed by atoms with E-state index in [2.05, 4.69) is 39.8 Å². The van der Waals surface area contributed by atoms with Crippen LogP contribution in [0.2, 0.25) is 0 Å². The minimum absolute atomic E-state index is 0.0156. The molecule has 4 saturated carbocycles. The first-order valence-electron chi connectivity index (χ1n) is 20.2. The van der Waals surface area contributed by atoms with Gasteiger partial charge in [0.15, 0.2) is 0 Å². The highest BCUT2D eigenvalue weighted by molar-refractivity contribution is 5.82. The van der Waals surface area contributed by atoms with Gasteiger partial charge in [0, 0.05) is 18.8 Å². The topological polar surface area (TPSA) is 74.6 Å². The van der Waals surface area contributed by atoms with Gasteiger partial charge in [-0.2, -0.15) is 0 Å². The normalized spacial score (nSPS) is 36.2. The maximum absolute atomic E-state index is 14.0. The Morgan fingerprint density at radius 3 is 2.11 bits per heavy atom. The van der Waals surface area contributed by atoms with Crippen LogP contribution in [0, 0.1) is 52.3 Å². The van der Waals surface area contributed by atoms with Gasteiger partial charge in [0.05, 0.1) is 6.10 Å². The molecule has 0 heterocycles. The lowest BCUT2D eigenvalue weighted by Crippen LogP contribution is -2.58. The minimum Gasteiger partial charge on any atom is -0.481 e. The summed E-state index contributed by atoms with van der Waals surface area (Å²) in [5, 5.41) is 20.3. The van der Waals surface area contributed by atoms with E-state index in [0.29, 0.717) is 59.5 Å². The summed E-state index contributed by atoms with van der Waals surface area (Å²) in [6, 6.07) is 0. The highest BCUT2D eigenvalue weighted by atomic mass is 16.4. The van der Waals surface area contributed by atoms with Gasteiger partial charge < -0.3 is 10.2 Å². The van der Waals surface area contributed by atoms with Gasteiger partial charge in [-0.1, -0.05) is 91.2 Å². The number of ketones is 1. The highest BCUT2D eigenvalue weighted by Crippen LogP contribution is 2.69. The number of allylic oxidation sites excluding steroid dienone is 2. The number of fused-ring (bicyclic) bond motifs is 5. The molecule has 0 bridgehead atoms. The first kappa shape index (κ1) is 37.7. The van der Waals surface area contributed by atoms with Crippen molar-refractivity contribution in [1.82, 2.24) is 0 Å². The molecule has 0 amide bonds. The van der Waals surface area contributed by atoms with Gasteiger partial charge in [-0.25, -0.2) is 0 Å². The molecule has 46 heavy (non-hydrogen) atoms. The highest BCUT2D eigenvalue weighted by Gasteiger charge is 2.63. The number of aliphatic carboxylic acids is 1. The number of Topliss-reactive ketones (excluding diaryl/α,β-unsaturated/α-hetero) is 1. The molecule has 0 radical (unpaired) electrons. The van der Waals surface area contributed by atoms with Crippen molar-refractivity contribution >= 4 is 11.8 Å². The van der Waals surface area contributed by atoms with E-state index in [-0.39, 0.29) is 23.9 Å². The lowest BCUT2D eigenvalue weighted by molar-refractivity contribution is -0.169. The number of hydrogen-bond acceptors (Lipinski definition) is 3. The fraction of sp³-hybridized carbons (Fsp3) is 0.905. The zero-order valence-corrected chi connectivity index (χ0v) is 30.5. The summed E-state index contributed by atoms with van der Waals surface area (Å²) in [5.74, 6) is 3.32. The molecule has 0 aromatic carbocycles. The molecule has 10 atom stereocenters. The first-order chi connectivity index (χ1) is 22.1. The van der Waals surface area contributed by atoms with Crippen molar-refractivity contribution in [1.29, 1.82) is 0 Å². The van der Waals surface area contributed by atoms with E-state index in [1.807, 2.05) is 0 Å². The monoisotopic (exact) mass is 641 g/mol. The molecule has 0 saturated heterocycles. The van der Waals surface area contributed by atoms with Crippen molar-refractivity contribution in [2.45, 2.75) is 188 Å². The zero-order chi connectivity index (χ0) is 33.2. The Bertz CT molecular complexity index is 973. The largest absolute Gasteiger partial charge is 0.481 e. The van der Waals surface area contributed by atoms with Crippen LogP contribution in [0.25, 0.3) is 0 Å². The number of aliphatic hydroxyl groups is 1. The molecular weight excluding hydrogens is 568 g/mol. The second kappa shape index (κ2) is 18.0. The predicted octanol–water partition coefficient (Wildman–Crippen LogP) is 11.3. The van der Waals surface area contributed by atoms with Crippen molar-refractivity contribution < 1.29 is 19.8 Å². The van der Waals surface area contributed by atoms with Crippen LogP contribution in [0.15, 0.2) is 12.2 Å². The van der Waals surface area contributed by atoms with Crippen LogP contribution in [0.1, 0.15) is 182 Å². The Balaban J connectivity index is 1.24. The molecule has 4 fully saturated rings. The fourth-order valence-electron chi connectivity index (χ4n) is 11.9. The van der Waals surface area contributed by atoms with Crippen LogP contribution in [-0.2, 0) is 9.59 Å². The van der Waals surface area contributed by atoms with Crippen molar-refractivity contribution in [3.05, 3.63) is 12.2 Å². The Morgan fingerprint density at radius 2 is 1.43 bits per heavy atom. The molecule has 4 aliphatic carbocycles. The predicted molar refractivity (Wildman–Crippen MR) is 191 cm³/mol. The Kier molecular flexibility index (Phi) is 14.7. The van der Waals surface area contributed by atoms with Gasteiger partial charge in [0.25, 0.3) is 0 Å². The van der Waals surface area contributed by atoms with Gasteiger partial charge in [-0.05, 0) is 136 Å². The van der Waals surface area contributed by atoms with Gasteiger partial charge >= 0.3 is 5.97 Å². The summed E-state index contributed by atoms with van der Waals surface area (Å²) in [6.45, 7) is 9.60. The lowest BCUT2D eigenvalue weighted by Gasteiger charge is -2.63. The molecule has 0 aliphatic heterocycles. The number of carbonyl (C=O) groups excluding carboxylic acids is 1. The first-order valence-corrected chi connectivity index (χ1v) is 20.2. The SMILES string of the molecule is CCCCCCCC/C=C\CCCCCCCC(=O)C1C[C@@H](O)CC2CC[C@@H]3[C@H](CC[C@]4(C)[C@@H]([C@H](C)CCC(=O)O)CC[C@@H]34)[C@]21C. The zero-order valence-electron chi connectivity index (χ0n) is 30.5. The molecule has 264 valence electrons. The van der Waals surface area contributed by atoms with Crippen molar-refractivity contribution in [2.24, 2.45) is 52.3 Å². The van der Waals surface area contributed by atoms with E-state index in [0.717, 1.165) is 32.1 Å². The summed E-state index contributed by atoms with van der Waals surface area (Å²) in [6.07, 6.45) is 31.7. The van der Waals surface area contributed by atoms with Crippen molar-refractivity contribution in [3.8, 4) is 0 Å². The molecule has 0 aromatic heterocycles. The Morgan fingerprint density at radius 1 is 0.783 bits per heavy atom. The molecule has 0 spiro atoms. The summed E-state index contributed by atoms with van der Waals surface area (Å²) < 4.78 is 0. The summed E-state index contributed by atoms with van der Waals surface area (Å²) in [7, 11) is 0. The summed E-state index contributed by atoms with van der Waals surface area (Å²) >= 11 is 0.